The standard InChI is InChI=1S/C16H23F2NO3/c1-2-14(19-11-16(20)7-9-21-10-8-16)12-3-5-13(6-4-12)22-15(17)18/h3-6,14-15,19-20H,2,7-11H2,1H3. The average Bonchev–Trinajstić information content (AvgIpc) is 2.49. The highest BCUT2D eigenvalue weighted by Crippen LogP contribution is 2.24. The lowest BCUT2D eigenvalue weighted by atomic mass is 9.93. The van der Waals surface area contributed by atoms with Gasteiger partial charge in [0.05, 0.1) is 5.60 Å². The summed E-state index contributed by atoms with van der Waals surface area (Å²) in [6, 6.07) is 6.68. The number of hydrogen-bond donors (Lipinski definition) is 2. The molecule has 0 aromatic heterocycles. The molecule has 1 atom stereocenters. The molecular weight excluding hydrogens is 292 g/mol. The molecule has 4 nitrogen and oxygen atoms in total. The van der Waals surface area contributed by atoms with Gasteiger partial charge in [-0.2, -0.15) is 8.78 Å². The molecule has 1 unspecified atom stereocenters. The van der Waals surface area contributed by atoms with Gasteiger partial charge in [0.2, 0.25) is 0 Å². The maximum absolute atomic E-state index is 12.1. The third kappa shape index (κ3) is 4.90. The molecule has 0 bridgehead atoms. The van der Waals surface area contributed by atoms with Crippen LogP contribution in [0, 0.1) is 0 Å². The maximum atomic E-state index is 12.1. The minimum absolute atomic E-state index is 0.0625. The van der Waals surface area contributed by atoms with Crippen molar-refractivity contribution in [2.24, 2.45) is 0 Å². The maximum Gasteiger partial charge on any atom is 0.387 e. The van der Waals surface area contributed by atoms with Gasteiger partial charge in [-0.05, 0) is 24.1 Å². The molecule has 0 saturated carbocycles. The molecule has 6 heteroatoms. The zero-order chi connectivity index (χ0) is 16.0. The summed E-state index contributed by atoms with van der Waals surface area (Å²) in [6.45, 7) is 0.872. The van der Waals surface area contributed by atoms with Crippen molar-refractivity contribution in [1.29, 1.82) is 0 Å². The number of aliphatic hydroxyl groups is 1. The van der Waals surface area contributed by atoms with Gasteiger partial charge in [0.15, 0.2) is 0 Å². The van der Waals surface area contributed by atoms with E-state index in [2.05, 4.69) is 10.1 Å². The third-order valence-corrected chi connectivity index (χ3v) is 4.02. The van der Waals surface area contributed by atoms with E-state index in [9.17, 15) is 13.9 Å². The SMILES string of the molecule is CCC(NCC1(O)CCOCC1)c1ccc(OC(F)F)cc1. The second kappa shape index (κ2) is 7.85. The summed E-state index contributed by atoms with van der Waals surface area (Å²) in [7, 11) is 0. The molecule has 1 aromatic rings. The van der Waals surface area contributed by atoms with E-state index >= 15 is 0 Å². The molecule has 2 rings (SSSR count). The van der Waals surface area contributed by atoms with E-state index in [4.69, 9.17) is 4.74 Å². The van der Waals surface area contributed by atoms with Gasteiger partial charge in [-0.25, -0.2) is 0 Å². The van der Waals surface area contributed by atoms with Crippen LogP contribution in [0.25, 0.3) is 0 Å². The minimum Gasteiger partial charge on any atom is -0.435 e. The molecule has 1 aliphatic heterocycles. The molecule has 22 heavy (non-hydrogen) atoms. The quantitative estimate of drug-likeness (QED) is 0.812. The number of benzene rings is 1. The van der Waals surface area contributed by atoms with Crippen LogP contribution in [0.3, 0.4) is 0 Å². The monoisotopic (exact) mass is 315 g/mol. The molecule has 1 fully saturated rings. The first-order valence-corrected chi connectivity index (χ1v) is 7.61. The van der Waals surface area contributed by atoms with E-state index < -0.39 is 12.2 Å². The molecule has 1 heterocycles. The van der Waals surface area contributed by atoms with Gasteiger partial charge < -0.3 is 19.9 Å². The van der Waals surface area contributed by atoms with Crippen molar-refractivity contribution in [3.8, 4) is 5.75 Å². The summed E-state index contributed by atoms with van der Waals surface area (Å²) in [5.41, 5.74) is 0.254. The fourth-order valence-electron chi connectivity index (χ4n) is 2.62. The highest BCUT2D eigenvalue weighted by molar-refractivity contribution is 5.29. The normalized spacial score (nSPS) is 19.1. The number of alkyl halides is 2. The lowest BCUT2D eigenvalue weighted by molar-refractivity contribution is -0.0629. The van der Waals surface area contributed by atoms with Crippen LogP contribution >= 0.6 is 0 Å². The van der Waals surface area contributed by atoms with Crippen LogP contribution in [-0.4, -0.2) is 37.1 Å². The Kier molecular flexibility index (Phi) is 6.11. The summed E-state index contributed by atoms with van der Waals surface area (Å²) in [6.07, 6.45) is 2.08. The van der Waals surface area contributed by atoms with E-state index in [1.807, 2.05) is 6.92 Å². The van der Waals surface area contributed by atoms with Crippen molar-refractivity contribution in [3.63, 3.8) is 0 Å². The molecule has 124 valence electrons. The molecule has 0 aliphatic carbocycles. The number of ether oxygens (including phenoxy) is 2. The van der Waals surface area contributed by atoms with Crippen molar-refractivity contribution in [2.45, 2.75) is 44.4 Å². The second-order valence-electron chi connectivity index (χ2n) is 5.63. The summed E-state index contributed by atoms with van der Waals surface area (Å²) < 4.78 is 33.9. The van der Waals surface area contributed by atoms with Crippen LogP contribution in [0.5, 0.6) is 5.75 Å². The highest BCUT2D eigenvalue weighted by atomic mass is 19.3. The predicted octanol–water partition coefficient (Wildman–Crippen LogP) is 2.87. The molecular formula is C16H23F2NO3. The molecule has 2 N–H and O–H groups in total. The third-order valence-electron chi connectivity index (χ3n) is 4.02. The van der Waals surface area contributed by atoms with Crippen LogP contribution in [-0.2, 0) is 4.74 Å². The Balaban J connectivity index is 1.93. The molecule has 0 radical (unpaired) electrons. The van der Waals surface area contributed by atoms with E-state index in [1.165, 1.54) is 12.1 Å². The summed E-state index contributed by atoms with van der Waals surface area (Å²) in [5, 5.41) is 13.8. The topological polar surface area (TPSA) is 50.7 Å². The Labute approximate surface area is 129 Å². The molecule has 1 aliphatic rings. The van der Waals surface area contributed by atoms with Crippen molar-refractivity contribution >= 4 is 0 Å². The summed E-state index contributed by atoms with van der Waals surface area (Å²) in [4.78, 5) is 0. The molecule has 1 saturated heterocycles. The van der Waals surface area contributed by atoms with E-state index in [0.717, 1.165) is 12.0 Å². The van der Waals surface area contributed by atoms with Gasteiger partial charge in [-0.1, -0.05) is 19.1 Å². The largest absolute Gasteiger partial charge is 0.435 e. The van der Waals surface area contributed by atoms with Gasteiger partial charge in [0, 0.05) is 38.6 Å². The van der Waals surface area contributed by atoms with E-state index in [0.29, 0.717) is 32.6 Å². The fraction of sp³-hybridized carbons (Fsp3) is 0.625. The molecule has 0 spiro atoms. The first kappa shape index (κ1) is 17.1. The van der Waals surface area contributed by atoms with Crippen molar-refractivity contribution in [2.75, 3.05) is 19.8 Å². The Hall–Kier alpha value is -1.24. The Morgan fingerprint density at radius 1 is 1.27 bits per heavy atom. The number of rotatable bonds is 7. The summed E-state index contributed by atoms with van der Waals surface area (Å²) >= 11 is 0. The van der Waals surface area contributed by atoms with Gasteiger partial charge in [-0.15, -0.1) is 0 Å². The van der Waals surface area contributed by atoms with Crippen LogP contribution in [0.1, 0.15) is 37.8 Å². The van der Waals surface area contributed by atoms with Crippen molar-refractivity contribution < 1.29 is 23.4 Å². The van der Waals surface area contributed by atoms with Crippen LogP contribution < -0.4 is 10.1 Å². The zero-order valence-electron chi connectivity index (χ0n) is 12.7. The Bertz CT molecular complexity index is 447. The smallest absolute Gasteiger partial charge is 0.387 e. The van der Waals surface area contributed by atoms with Gasteiger partial charge in [-0.3, -0.25) is 0 Å². The van der Waals surface area contributed by atoms with Crippen LogP contribution in [0.4, 0.5) is 8.78 Å². The Morgan fingerprint density at radius 2 is 1.91 bits per heavy atom. The van der Waals surface area contributed by atoms with Gasteiger partial charge in [0.25, 0.3) is 0 Å². The van der Waals surface area contributed by atoms with E-state index in [-0.39, 0.29) is 11.8 Å². The molecule has 1 aromatic carbocycles. The average molecular weight is 315 g/mol. The van der Waals surface area contributed by atoms with Crippen LogP contribution in [0.2, 0.25) is 0 Å². The fourth-order valence-corrected chi connectivity index (χ4v) is 2.62. The lowest BCUT2D eigenvalue weighted by Crippen LogP contribution is -2.45. The Morgan fingerprint density at radius 3 is 2.45 bits per heavy atom. The predicted molar refractivity (Wildman–Crippen MR) is 79.1 cm³/mol. The highest BCUT2D eigenvalue weighted by Gasteiger charge is 2.30. The van der Waals surface area contributed by atoms with Crippen molar-refractivity contribution in [3.05, 3.63) is 29.8 Å². The van der Waals surface area contributed by atoms with Gasteiger partial charge >= 0.3 is 6.61 Å². The number of nitrogens with one attached hydrogen (secondary N) is 1. The lowest BCUT2D eigenvalue weighted by Gasteiger charge is -2.33. The van der Waals surface area contributed by atoms with Gasteiger partial charge in [0.1, 0.15) is 5.75 Å². The number of halogens is 2. The van der Waals surface area contributed by atoms with E-state index in [1.54, 1.807) is 12.1 Å². The second-order valence-corrected chi connectivity index (χ2v) is 5.63. The first-order valence-electron chi connectivity index (χ1n) is 7.61. The zero-order valence-corrected chi connectivity index (χ0v) is 12.7. The minimum atomic E-state index is -2.81. The van der Waals surface area contributed by atoms with Crippen molar-refractivity contribution in [1.82, 2.24) is 5.32 Å². The first-order chi connectivity index (χ1) is 10.5. The summed E-state index contributed by atoms with van der Waals surface area (Å²) in [5.74, 6) is 0.150. The van der Waals surface area contributed by atoms with Crippen LogP contribution in [0.15, 0.2) is 24.3 Å². The number of hydrogen-bond acceptors (Lipinski definition) is 4. The molecule has 0 amide bonds.